The average Bonchev–Trinajstić information content (AvgIpc) is 2.88. The van der Waals surface area contributed by atoms with Crippen molar-refractivity contribution >= 4 is 34.4 Å². The summed E-state index contributed by atoms with van der Waals surface area (Å²) in [6, 6.07) is 5.68. The Labute approximate surface area is 147 Å². The second kappa shape index (κ2) is 6.40. The maximum atomic E-state index is 12.2. The molecule has 0 unspecified atom stereocenters. The van der Waals surface area contributed by atoms with Gasteiger partial charge in [-0.25, -0.2) is 4.98 Å². The van der Waals surface area contributed by atoms with Gasteiger partial charge in [0.15, 0.2) is 5.65 Å². The molecule has 3 rings (SSSR count). The highest BCUT2D eigenvalue weighted by Gasteiger charge is 2.15. The van der Waals surface area contributed by atoms with E-state index in [-0.39, 0.29) is 21.9 Å². The van der Waals surface area contributed by atoms with Crippen molar-refractivity contribution in [3.05, 3.63) is 52.3 Å². The van der Waals surface area contributed by atoms with Crippen molar-refractivity contribution in [2.24, 2.45) is 7.05 Å². The summed E-state index contributed by atoms with van der Waals surface area (Å²) in [5.74, 6) is -1.49. The van der Waals surface area contributed by atoms with Gasteiger partial charge in [-0.05, 0) is 31.2 Å². The third-order valence-corrected chi connectivity index (χ3v) is 3.85. The summed E-state index contributed by atoms with van der Waals surface area (Å²) in [5.41, 5.74) is 6.11. The Bertz CT molecular complexity index is 999. The second-order valence-corrected chi connectivity index (χ2v) is 5.81. The monoisotopic (exact) mass is 359 g/mol. The maximum absolute atomic E-state index is 12.2. The number of carbonyl (C=O) groups excluding carboxylic acids is 2. The minimum Gasteiger partial charge on any atom is -0.507 e. The molecule has 0 aliphatic rings. The molecule has 2 heterocycles. The molecule has 3 N–H and O–H groups in total. The van der Waals surface area contributed by atoms with Crippen LogP contribution >= 0.6 is 11.6 Å². The van der Waals surface area contributed by atoms with Crippen LogP contribution in [0.1, 0.15) is 26.4 Å². The molecule has 0 fully saturated rings. The first-order valence-electron chi connectivity index (χ1n) is 7.25. The van der Waals surface area contributed by atoms with Crippen LogP contribution in [0.4, 0.5) is 0 Å². The Morgan fingerprint density at radius 3 is 2.68 bits per heavy atom. The molecular formula is C16H14ClN5O3. The Kier molecular flexibility index (Phi) is 4.28. The Morgan fingerprint density at radius 1 is 1.20 bits per heavy atom. The molecule has 0 saturated heterocycles. The van der Waals surface area contributed by atoms with Crippen LogP contribution in [0.15, 0.2) is 30.5 Å². The fourth-order valence-corrected chi connectivity index (χ4v) is 2.55. The van der Waals surface area contributed by atoms with Crippen molar-refractivity contribution in [3.63, 3.8) is 0 Å². The van der Waals surface area contributed by atoms with Crippen molar-refractivity contribution in [3.8, 4) is 5.75 Å². The molecule has 0 bridgehead atoms. The quantitative estimate of drug-likeness (QED) is 0.603. The van der Waals surface area contributed by atoms with E-state index in [1.165, 1.54) is 24.4 Å². The lowest BCUT2D eigenvalue weighted by molar-refractivity contribution is 0.0845. The fraction of sp³-hybridized carbons (Fsp3) is 0.125. The number of phenols is 1. The Morgan fingerprint density at radius 2 is 1.92 bits per heavy atom. The van der Waals surface area contributed by atoms with E-state index in [0.717, 1.165) is 11.1 Å². The number of hydrazine groups is 1. The number of nitrogens with one attached hydrogen (secondary N) is 2. The van der Waals surface area contributed by atoms with E-state index in [1.807, 2.05) is 6.92 Å². The average molecular weight is 360 g/mol. The molecule has 0 radical (unpaired) electrons. The summed E-state index contributed by atoms with van der Waals surface area (Å²) in [6.45, 7) is 1.81. The van der Waals surface area contributed by atoms with Gasteiger partial charge in [0.05, 0.1) is 16.8 Å². The zero-order chi connectivity index (χ0) is 18.1. The second-order valence-electron chi connectivity index (χ2n) is 5.37. The first-order chi connectivity index (χ1) is 11.9. The number of benzene rings is 1. The van der Waals surface area contributed by atoms with Gasteiger partial charge in [0.2, 0.25) is 0 Å². The van der Waals surface area contributed by atoms with Crippen molar-refractivity contribution in [2.75, 3.05) is 0 Å². The lowest BCUT2D eigenvalue weighted by Gasteiger charge is -2.09. The summed E-state index contributed by atoms with van der Waals surface area (Å²) >= 11 is 5.80. The number of carbonyl (C=O) groups is 2. The van der Waals surface area contributed by atoms with Gasteiger partial charge < -0.3 is 5.11 Å². The number of aromatic nitrogens is 3. The summed E-state index contributed by atoms with van der Waals surface area (Å²) in [5, 5.41) is 15.0. The molecule has 2 amide bonds. The predicted octanol–water partition coefficient (Wildman–Crippen LogP) is 1.71. The molecule has 128 valence electrons. The number of hydrogen-bond acceptors (Lipinski definition) is 5. The summed E-state index contributed by atoms with van der Waals surface area (Å²) in [4.78, 5) is 28.5. The van der Waals surface area contributed by atoms with Gasteiger partial charge in [0.25, 0.3) is 11.8 Å². The molecule has 0 saturated carbocycles. The first kappa shape index (κ1) is 16.7. The molecule has 1 aromatic carbocycles. The number of phenolic OH excluding ortho intramolecular Hbond substituents is 1. The Balaban J connectivity index is 1.75. The zero-order valence-corrected chi connectivity index (χ0v) is 14.1. The number of rotatable bonds is 2. The van der Waals surface area contributed by atoms with Crippen molar-refractivity contribution in [1.29, 1.82) is 0 Å². The molecule has 0 aliphatic carbocycles. The van der Waals surface area contributed by atoms with Crippen LogP contribution in [-0.4, -0.2) is 31.7 Å². The third-order valence-electron chi connectivity index (χ3n) is 3.62. The lowest BCUT2D eigenvalue weighted by Crippen LogP contribution is -2.41. The third kappa shape index (κ3) is 3.24. The SMILES string of the molecule is Cc1nn(C)c2ncc(C(=O)NNC(=O)c3cc(Cl)ccc3O)cc12. The van der Waals surface area contributed by atoms with Crippen LogP contribution in [0.5, 0.6) is 5.75 Å². The molecule has 0 atom stereocenters. The number of aromatic hydroxyl groups is 1. The lowest BCUT2D eigenvalue weighted by atomic mass is 10.2. The molecule has 0 aliphatic heterocycles. The number of aryl methyl sites for hydroxylation is 2. The van der Waals surface area contributed by atoms with E-state index >= 15 is 0 Å². The van der Waals surface area contributed by atoms with E-state index < -0.39 is 11.8 Å². The topological polar surface area (TPSA) is 109 Å². The number of fused-ring (bicyclic) bond motifs is 1. The van der Waals surface area contributed by atoms with Crippen LogP contribution in [0.3, 0.4) is 0 Å². The van der Waals surface area contributed by atoms with Gasteiger partial charge >= 0.3 is 0 Å². The molecule has 9 heteroatoms. The van der Waals surface area contributed by atoms with E-state index in [2.05, 4.69) is 20.9 Å². The number of nitrogens with zero attached hydrogens (tertiary/aromatic N) is 3. The van der Waals surface area contributed by atoms with Crippen LogP contribution in [-0.2, 0) is 7.05 Å². The van der Waals surface area contributed by atoms with Gasteiger partial charge in [-0.2, -0.15) is 5.10 Å². The van der Waals surface area contributed by atoms with Crippen molar-refractivity contribution in [1.82, 2.24) is 25.6 Å². The summed E-state index contributed by atoms with van der Waals surface area (Å²) in [7, 11) is 1.76. The molecule has 25 heavy (non-hydrogen) atoms. The number of amides is 2. The predicted molar refractivity (Wildman–Crippen MR) is 91.3 cm³/mol. The number of pyridine rings is 1. The highest BCUT2D eigenvalue weighted by molar-refractivity contribution is 6.31. The summed E-state index contributed by atoms with van der Waals surface area (Å²) in [6.07, 6.45) is 1.39. The summed E-state index contributed by atoms with van der Waals surface area (Å²) < 4.78 is 1.62. The standard InChI is InChI=1S/C16H14ClN5O3/c1-8-11-5-9(7-18-14(11)22(2)21-8)15(24)19-20-16(25)12-6-10(17)3-4-13(12)23/h3-7,23H,1-2H3,(H,19,24)(H,20,25). The van der Waals surface area contributed by atoms with E-state index in [0.29, 0.717) is 5.65 Å². The van der Waals surface area contributed by atoms with Gasteiger partial charge in [0.1, 0.15) is 5.75 Å². The Hall–Kier alpha value is -3.13. The van der Waals surface area contributed by atoms with E-state index in [4.69, 9.17) is 11.6 Å². The smallest absolute Gasteiger partial charge is 0.273 e. The van der Waals surface area contributed by atoms with Crippen molar-refractivity contribution < 1.29 is 14.7 Å². The van der Waals surface area contributed by atoms with Crippen LogP contribution in [0, 0.1) is 6.92 Å². The minimum atomic E-state index is -0.694. The van der Waals surface area contributed by atoms with Gasteiger partial charge in [-0.1, -0.05) is 11.6 Å². The molecule has 8 nitrogen and oxygen atoms in total. The van der Waals surface area contributed by atoms with E-state index in [9.17, 15) is 14.7 Å². The van der Waals surface area contributed by atoms with Gasteiger partial charge in [-0.3, -0.25) is 25.1 Å². The highest BCUT2D eigenvalue weighted by atomic mass is 35.5. The largest absolute Gasteiger partial charge is 0.507 e. The fourth-order valence-electron chi connectivity index (χ4n) is 2.38. The molecular weight excluding hydrogens is 346 g/mol. The molecule has 3 aromatic rings. The minimum absolute atomic E-state index is 0.0514. The van der Waals surface area contributed by atoms with Gasteiger partial charge in [0, 0.05) is 23.7 Å². The first-order valence-corrected chi connectivity index (χ1v) is 7.63. The van der Waals surface area contributed by atoms with Crippen LogP contribution in [0.2, 0.25) is 5.02 Å². The van der Waals surface area contributed by atoms with Crippen LogP contribution in [0.25, 0.3) is 11.0 Å². The highest BCUT2D eigenvalue weighted by Crippen LogP contribution is 2.21. The van der Waals surface area contributed by atoms with Crippen molar-refractivity contribution in [2.45, 2.75) is 6.92 Å². The number of halogens is 1. The van der Waals surface area contributed by atoms with Gasteiger partial charge in [-0.15, -0.1) is 0 Å². The molecule has 0 spiro atoms. The maximum Gasteiger partial charge on any atom is 0.273 e. The number of hydrogen-bond donors (Lipinski definition) is 3. The van der Waals surface area contributed by atoms with Crippen LogP contribution < -0.4 is 10.9 Å². The van der Waals surface area contributed by atoms with E-state index in [1.54, 1.807) is 17.8 Å². The normalized spacial score (nSPS) is 10.7. The molecule has 2 aromatic heterocycles. The zero-order valence-electron chi connectivity index (χ0n) is 13.4.